The molecule has 3 heteroatoms. The van der Waals surface area contributed by atoms with Gasteiger partial charge in [0.15, 0.2) is 0 Å². The highest BCUT2D eigenvalue weighted by Gasteiger charge is 2.28. The molecule has 0 heterocycles. The molecule has 0 spiro atoms. The van der Waals surface area contributed by atoms with Gasteiger partial charge in [0, 0.05) is 0 Å². The summed E-state index contributed by atoms with van der Waals surface area (Å²) in [5.74, 6) is -1.40. The minimum Gasteiger partial charge on any atom is -0.388 e. The van der Waals surface area contributed by atoms with E-state index in [0.29, 0.717) is 0 Å². The first kappa shape index (κ1) is 11.1. The van der Waals surface area contributed by atoms with E-state index in [4.69, 9.17) is 0 Å². The standard InChI is InChI=1S/C11H14F2O/c1-11(2,3)10(14)9-7(12)5-4-6-8(9)13/h4-6,10,14H,1-3H3. The van der Waals surface area contributed by atoms with E-state index in [1.807, 2.05) is 0 Å². The van der Waals surface area contributed by atoms with Gasteiger partial charge in [-0.2, -0.15) is 0 Å². The second-order valence-corrected chi connectivity index (χ2v) is 4.40. The summed E-state index contributed by atoms with van der Waals surface area (Å²) in [6, 6.07) is 3.57. The van der Waals surface area contributed by atoms with Crippen LogP contribution in [0.15, 0.2) is 18.2 Å². The first-order chi connectivity index (χ1) is 6.34. The van der Waals surface area contributed by atoms with Gasteiger partial charge in [-0.3, -0.25) is 0 Å². The largest absolute Gasteiger partial charge is 0.388 e. The highest BCUT2D eigenvalue weighted by Crippen LogP contribution is 2.34. The molecule has 14 heavy (non-hydrogen) atoms. The van der Waals surface area contributed by atoms with Crippen molar-refractivity contribution in [3.05, 3.63) is 35.4 Å². The van der Waals surface area contributed by atoms with E-state index in [1.54, 1.807) is 20.8 Å². The third kappa shape index (κ3) is 2.10. The van der Waals surface area contributed by atoms with Gasteiger partial charge in [-0.1, -0.05) is 26.8 Å². The van der Waals surface area contributed by atoms with Gasteiger partial charge in [0.25, 0.3) is 0 Å². The number of halogens is 2. The fourth-order valence-electron chi connectivity index (χ4n) is 1.20. The Morgan fingerprint density at radius 2 is 1.57 bits per heavy atom. The molecule has 1 rings (SSSR count). The van der Waals surface area contributed by atoms with Crippen LogP contribution in [0.5, 0.6) is 0 Å². The lowest BCUT2D eigenvalue weighted by Gasteiger charge is -2.26. The molecule has 1 N–H and O–H groups in total. The summed E-state index contributed by atoms with van der Waals surface area (Å²) in [5.41, 5.74) is -0.830. The SMILES string of the molecule is CC(C)(C)C(O)c1c(F)cccc1F. The zero-order valence-corrected chi connectivity index (χ0v) is 8.51. The molecule has 0 saturated heterocycles. The molecule has 0 amide bonds. The normalized spacial score (nSPS) is 14.1. The molecule has 0 radical (unpaired) electrons. The third-order valence-corrected chi connectivity index (χ3v) is 2.09. The van der Waals surface area contributed by atoms with Gasteiger partial charge in [0.1, 0.15) is 11.6 Å². The fraction of sp³-hybridized carbons (Fsp3) is 0.455. The molecule has 1 unspecified atom stereocenters. The zero-order valence-electron chi connectivity index (χ0n) is 8.51. The maximum absolute atomic E-state index is 13.2. The number of aliphatic hydroxyl groups excluding tert-OH is 1. The number of benzene rings is 1. The van der Waals surface area contributed by atoms with Crippen molar-refractivity contribution in [2.75, 3.05) is 0 Å². The first-order valence-corrected chi connectivity index (χ1v) is 4.46. The Morgan fingerprint density at radius 3 is 1.93 bits per heavy atom. The summed E-state index contributed by atoms with van der Waals surface area (Å²) < 4.78 is 26.5. The van der Waals surface area contributed by atoms with Gasteiger partial charge in [-0.25, -0.2) is 8.78 Å². The molecule has 1 nitrogen and oxygen atoms in total. The van der Waals surface area contributed by atoms with Gasteiger partial charge in [-0.05, 0) is 17.5 Å². The van der Waals surface area contributed by atoms with Crippen molar-refractivity contribution < 1.29 is 13.9 Å². The summed E-state index contributed by atoms with van der Waals surface area (Å²) in [6.07, 6.45) is -1.14. The Morgan fingerprint density at radius 1 is 1.14 bits per heavy atom. The maximum Gasteiger partial charge on any atom is 0.131 e. The van der Waals surface area contributed by atoms with Gasteiger partial charge >= 0.3 is 0 Å². The lowest BCUT2D eigenvalue weighted by Crippen LogP contribution is -2.20. The highest BCUT2D eigenvalue weighted by atomic mass is 19.1. The van der Waals surface area contributed by atoms with E-state index in [0.717, 1.165) is 12.1 Å². The van der Waals surface area contributed by atoms with Gasteiger partial charge < -0.3 is 5.11 Å². The van der Waals surface area contributed by atoms with Crippen molar-refractivity contribution in [1.82, 2.24) is 0 Å². The molecule has 0 saturated carbocycles. The number of aliphatic hydroxyl groups is 1. The van der Waals surface area contributed by atoms with Crippen LogP contribution >= 0.6 is 0 Å². The van der Waals surface area contributed by atoms with Crippen LogP contribution in [0.2, 0.25) is 0 Å². The second-order valence-electron chi connectivity index (χ2n) is 4.40. The second kappa shape index (κ2) is 3.65. The molecule has 0 aliphatic heterocycles. The summed E-state index contributed by atoms with van der Waals surface area (Å²) in [4.78, 5) is 0. The Bertz CT molecular complexity index is 308. The van der Waals surface area contributed by atoms with E-state index < -0.39 is 23.2 Å². The molecular formula is C11H14F2O. The highest BCUT2D eigenvalue weighted by molar-refractivity contribution is 5.23. The van der Waals surface area contributed by atoms with Crippen molar-refractivity contribution in [2.45, 2.75) is 26.9 Å². The maximum atomic E-state index is 13.2. The van der Waals surface area contributed by atoms with Crippen LogP contribution in [-0.2, 0) is 0 Å². The smallest absolute Gasteiger partial charge is 0.131 e. The topological polar surface area (TPSA) is 20.2 Å². The molecule has 1 aromatic carbocycles. The van der Waals surface area contributed by atoms with E-state index >= 15 is 0 Å². The van der Waals surface area contributed by atoms with Crippen molar-refractivity contribution in [1.29, 1.82) is 0 Å². The number of rotatable bonds is 1. The number of hydrogen-bond acceptors (Lipinski definition) is 1. The summed E-state index contributed by atoms with van der Waals surface area (Å²) in [6.45, 7) is 5.18. The lowest BCUT2D eigenvalue weighted by atomic mass is 9.84. The zero-order chi connectivity index (χ0) is 10.9. The van der Waals surface area contributed by atoms with Crippen LogP contribution in [0.3, 0.4) is 0 Å². The average molecular weight is 200 g/mol. The molecule has 0 aromatic heterocycles. The van der Waals surface area contributed by atoms with E-state index in [2.05, 4.69) is 0 Å². The van der Waals surface area contributed by atoms with Crippen molar-refractivity contribution in [3.8, 4) is 0 Å². The molecule has 0 aliphatic carbocycles. The molecule has 1 aromatic rings. The Hall–Kier alpha value is -0.960. The quantitative estimate of drug-likeness (QED) is 0.738. The van der Waals surface area contributed by atoms with Crippen LogP contribution in [0, 0.1) is 17.0 Å². The molecule has 1 atom stereocenters. The van der Waals surface area contributed by atoms with Crippen LogP contribution in [0.4, 0.5) is 8.78 Å². The van der Waals surface area contributed by atoms with E-state index in [-0.39, 0.29) is 5.56 Å². The summed E-state index contributed by atoms with van der Waals surface area (Å²) in [5, 5.41) is 9.74. The molecule has 0 aliphatic rings. The minimum absolute atomic E-state index is 0.250. The monoisotopic (exact) mass is 200 g/mol. The van der Waals surface area contributed by atoms with Gasteiger partial charge in [0.2, 0.25) is 0 Å². The van der Waals surface area contributed by atoms with Crippen molar-refractivity contribution >= 4 is 0 Å². The predicted octanol–water partition coefficient (Wildman–Crippen LogP) is 3.04. The summed E-state index contributed by atoms with van der Waals surface area (Å²) >= 11 is 0. The Balaban J connectivity index is 3.19. The predicted molar refractivity (Wildman–Crippen MR) is 50.8 cm³/mol. The molecule has 0 fully saturated rings. The summed E-state index contributed by atoms with van der Waals surface area (Å²) in [7, 11) is 0. The molecular weight excluding hydrogens is 186 g/mol. The van der Waals surface area contributed by atoms with Crippen LogP contribution in [-0.4, -0.2) is 5.11 Å². The Labute approximate surface area is 82.4 Å². The molecule has 78 valence electrons. The minimum atomic E-state index is -1.14. The van der Waals surface area contributed by atoms with Crippen LogP contribution < -0.4 is 0 Å². The van der Waals surface area contributed by atoms with Crippen LogP contribution in [0.25, 0.3) is 0 Å². The van der Waals surface area contributed by atoms with Crippen LogP contribution in [0.1, 0.15) is 32.4 Å². The number of hydrogen-bond donors (Lipinski definition) is 1. The third-order valence-electron chi connectivity index (χ3n) is 2.09. The van der Waals surface area contributed by atoms with E-state index in [1.165, 1.54) is 6.07 Å². The molecule has 0 bridgehead atoms. The van der Waals surface area contributed by atoms with Crippen molar-refractivity contribution in [3.63, 3.8) is 0 Å². The Kier molecular flexibility index (Phi) is 2.90. The van der Waals surface area contributed by atoms with Crippen molar-refractivity contribution in [2.24, 2.45) is 5.41 Å². The average Bonchev–Trinajstić information content (AvgIpc) is 2.01. The van der Waals surface area contributed by atoms with E-state index in [9.17, 15) is 13.9 Å². The first-order valence-electron chi connectivity index (χ1n) is 4.46. The fourth-order valence-corrected chi connectivity index (χ4v) is 1.20. The lowest BCUT2D eigenvalue weighted by molar-refractivity contribution is 0.0560. The van der Waals surface area contributed by atoms with Gasteiger partial charge in [0.05, 0.1) is 11.7 Å². The van der Waals surface area contributed by atoms with Gasteiger partial charge in [-0.15, -0.1) is 0 Å².